The molecule has 1 fully saturated rings. The van der Waals surface area contributed by atoms with Crippen LogP contribution >= 0.6 is 43.2 Å². The van der Waals surface area contributed by atoms with Crippen LogP contribution in [-0.4, -0.2) is 51.0 Å². The molecule has 2 heterocycles. The smallest absolute Gasteiger partial charge is 0.0972 e. The maximum absolute atomic E-state index is 5.97. The molecule has 1 aliphatic rings. The monoisotopic (exact) mass is 412 g/mol. The van der Waals surface area contributed by atoms with Crippen molar-refractivity contribution in [3.8, 4) is 0 Å². The number of rotatable bonds is 5. The third-order valence-electron chi connectivity index (χ3n) is 3.51. The molecule has 7 heteroatoms. The van der Waals surface area contributed by atoms with Crippen LogP contribution in [0.5, 0.6) is 0 Å². The van der Waals surface area contributed by atoms with Crippen molar-refractivity contribution in [3.63, 3.8) is 0 Å². The molecule has 1 aromatic heterocycles. The summed E-state index contributed by atoms with van der Waals surface area (Å²) in [7, 11) is 3.46. The van der Waals surface area contributed by atoms with E-state index in [0.29, 0.717) is 6.54 Å². The Bertz CT molecular complexity index is 398. The van der Waals surface area contributed by atoms with Crippen molar-refractivity contribution >= 4 is 43.2 Å². The molecule has 108 valence electrons. The van der Waals surface area contributed by atoms with Gasteiger partial charge in [-0.25, -0.2) is 0 Å². The molecule has 1 aromatic rings. The summed E-state index contributed by atoms with van der Waals surface area (Å²) in [6.07, 6.45) is 0.233. The molecule has 0 saturated carbocycles. The first kappa shape index (κ1) is 15.9. The van der Waals surface area contributed by atoms with E-state index in [4.69, 9.17) is 15.2 Å². The highest BCUT2D eigenvalue weighted by atomic mass is 79.9. The standard InChI is InChI=1S/C12H18Br2N2O2S/c1-17-9-5-16(6-10(9)18-2)8(4-15)11-3-7(13)12(14)19-11/h3,8-10H,4-6,15H2,1-2H3. The number of methoxy groups -OCH3 is 2. The van der Waals surface area contributed by atoms with E-state index >= 15 is 0 Å². The van der Waals surface area contributed by atoms with Gasteiger partial charge in [0, 0.05) is 43.2 Å². The SMILES string of the molecule is COC1CN(C(CN)c2cc(Br)c(Br)s2)CC1OC. The number of thiophene rings is 1. The van der Waals surface area contributed by atoms with Crippen LogP contribution in [0.2, 0.25) is 0 Å². The highest BCUT2D eigenvalue weighted by molar-refractivity contribution is 9.13. The van der Waals surface area contributed by atoms with Crippen LogP contribution < -0.4 is 5.73 Å². The minimum atomic E-state index is 0.117. The molecule has 0 bridgehead atoms. The molecular weight excluding hydrogens is 396 g/mol. The molecule has 19 heavy (non-hydrogen) atoms. The summed E-state index contributed by atoms with van der Waals surface area (Å²) in [5, 5.41) is 0. The van der Waals surface area contributed by atoms with E-state index in [1.165, 1.54) is 4.88 Å². The summed E-state index contributed by atoms with van der Waals surface area (Å²) in [6, 6.07) is 2.35. The molecule has 4 nitrogen and oxygen atoms in total. The average molecular weight is 414 g/mol. The summed E-state index contributed by atoms with van der Waals surface area (Å²) >= 11 is 8.78. The van der Waals surface area contributed by atoms with Crippen molar-refractivity contribution in [1.29, 1.82) is 0 Å². The van der Waals surface area contributed by atoms with Crippen molar-refractivity contribution in [1.82, 2.24) is 4.90 Å². The quantitative estimate of drug-likeness (QED) is 0.805. The normalized spacial score (nSPS) is 25.9. The first-order valence-corrected chi connectivity index (χ1v) is 8.45. The van der Waals surface area contributed by atoms with E-state index in [2.05, 4.69) is 42.8 Å². The lowest BCUT2D eigenvalue weighted by Gasteiger charge is -2.25. The Morgan fingerprint density at radius 3 is 2.32 bits per heavy atom. The van der Waals surface area contributed by atoms with Gasteiger partial charge in [0.25, 0.3) is 0 Å². The number of halogens is 2. The molecule has 0 amide bonds. The Morgan fingerprint density at radius 1 is 1.37 bits per heavy atom. The van der Waals surface area contributed by atoms with Crippen LogP contribution in [0, 0.1) is 0 Å². The van der Waals surface area contributed by atoms with E-state index in [-0.39, 0.29) is 18.2 Å². The lowest BCUT2D eigenvalue weighted by molar-refractivity contribution is -0.00461. The highest BCUT2D eigenvalue weighted by Gasteiger charge is 2.37. The third kappa shape index (κ3) is 3.40. The number of hydrogen-bond acceptors (Lipinski definition) is 5. The molecule has 1 saturated heterocycles. The fourth-order valence-electron chi connectivity index (χ4n) is 2.45. The first-order valence-electron chi connectivity index (χ1n) is 6.05. The Labute approximate surface area is 134 Å². The van der Waals surface area contributed by atoms with Gasteiger partial charge in [-0.05, 0) is 37.9 Å². The summed E-state index contributed by atoms with van der Waals surface area (Å²) in [5.74, 6) is 0. The van der Waals surface area contributed by atoms with E-state index in [1.54, 1.807) is 25.6 Å². The molecule has 0 spiro atoms. The van der Waals surface area contributed by atoms with Gasteiger partial charge in [-0.3, -0.25) is 4.90 Å². The van der Waals surface area contributed by atoms with Crippen LogP contribution in [0.4, 0.5) is 0 Å². The van der Waals surface area contributed by atoms with E-state index < -0.39 is 0 Å². The number of likely N-dealkylation sites (tertiary alicyclic amines) is 1. The zero-order valence-corrected chi connectivity index (χ0v) is 14.9. The number of hydrogen-bond donors (Lipinski definition) is 1. The maximum Gasteiger partial charge on any atom is 0.0972 e. The Morgan fingerprint density at radius 2 is 1.95 bits per heavy atom. The van der Waals surface area contributed by atoms with E-state index in [1.807, 2.05) is 0 Å². The average Bonchev–Trinajstić information content (AvgIpc) is 2.95. The first-order chi connectivity index (χ1) is 9.10. The van der Waals surface area contributed by atoms with E-state index in [9.17, 15) is 0 Å². The number of nitrogens with two attached hydrogens (primary N) is 1. The van der Waals surface area contributed by atoms with Crippen molar-refractivity contribution in [2.45, 2.75) is 18.2 Å². The molecule has 0 radical (unpaired) electrons. The molecular formula is C12H18Br2N2O2S. The van der Waals surface area contributed by atoms with Gasteiger partial charge in [0.2, 0.25) is 0 Å². The van der Waals surface area contributed by atoms with Gasteiger partial charge in [0.05, 0.1) is 22.0 Å². The molecule has 3 unspecified atom stereocenters. The Kier molecular flexibility index (Phi) is 5.83. The maximum atomic E-state index is 5.97. The van der Waals surface area contributed by atoms with Gasteiger partial charge in [-0.1, -0.05) is 0 Å². The summed E-state index contributed by atoms with van der Waals surface area (Å²) < 4.78 is 13.1. The minimum Gasteiger partial charge on any atom is -0.377 e. The van der Waals surface area contributed by atoms with Crippen molar-refractivity contribution in [3.05, 3.63) is 19.2 Å². The van der Waals surface area contributed by atoms with Crippen molar-refractivity contribution in [2.24, 2.45) is 5.73 Å². The van der Waals surface area contributed by atoms with Gasteiger partial charge in [0.1, 0.15) is 0 Å². The summed E-state index contributed by atoms with van der Waals surface area (Å²) in [5.41, 5.74) is 5.97. The summed E-state index contributed by atoms with van der Waals surface area (Å²) in [4.78, 5) is 3.60. The second-order valence-electron chi connectivity index (χ2n) is 4.52. The second-order valence-corrected chi connectivity index (χ2v) is 7.78. The molecule has 2 N–H and O–H groups in total. The summed E-state index contributed by atoms with van der Waals surface area (Å²) in [6.45, 7) is 2.29. The lowest BCUT2D eigenvalue weighted by atomic mass is 10.2. The highest BCUT2D eigenvalue weighted by Crippen LogP contribution is 2.38. The second kappa shape index (κ2) is 6.98. The van der Waals surface area contributed by atoms with Gasteiger partial charge >= 0.3 is 0 Å². The molecule has 0 aliphatic carbocycles. The number of ether oxygens (including phenoxy) is 2. The Hall–Kier alpha value is 0.500. The van der Waals surface area contributed by atoms with E-state index in [0.717, 1.165) is 21.3 Å². The number of nitrogens with zero attached hydrogens (tertiary/aromatic N) is 1. The zero-order chi connectivity index (χ0) is 14.0. The van der Waals surface area contributed by atoms with Crippen LogP contribution in [0.1, 0.15) is 10.9 Å². The van der Waals surface area contributed by atoms with Crippen LogP contribution in [-0.2, 0) is 9.47 Å². The molecule has 0 aromatic carbocycles. The fourth-order valence-corrected chi connectivity index (χ4v) is 4.69. The molecule has 3 atom stereocenters. The predicted molar refractivity (Wildman–Crippen MR) is 84.7 cm³/mol. The minimum absolute atomic E-state index is 0.117. The fraction of sp³-hybridized carbons (Fsp3) is 0.667. The van der Waals surface area contributed by atoms with Gasteiger partial charge < -0.3 is 15.2 Å². The topological polar surface area (TPSA) is 47.7 Å². The third-order valence-corrected chi connectivity index (χ3v) is 6.86. The van der Waals surface area contributed by atoms with Gasteiger partial charge in [-0.15, -0.1) is 11.3 Å². The lowest BCUT2D eigenvalue weighted by Crippen LogP contribution is -2.32. The van der Waals surface area contributed by atoms with Gasteiger partial charge in [0.15, 0.2) is 0 Å². The van der Waals surface area contributed by atoms with Crippen molar-refractivity contribution < 1.29 is 9.47 Å². The largest absolute Gasteiger partial charge is 0.377 e. The van der Waals surface area contributed by atoms with Crippen molar-refractivity contribution in [2.75, 3.05) is 33.9 Å². The van der Waals surface area contributed by atoms with Crippen LogP contribution in [0.3, 0.4) is 0 Å². The Balaban J connectivity index is 2.14. The molecule has 1 aliphatic heterocycles. The molecule has 2 rings (SSSR count). The van der Waals surface area contributed by atoms with Crippen LogP contribution in [0.25, 0.3) is 0 Å². The predicted octanol–water partition coefficient (Wildman–Crippen LogP) is 2.62. The van der Waals surface area contributed by atoms with Crippen LogP contribution in [0.15, 0.2) is 14.3 Å². The van der Waals surface area contributed by atoms with Gasteiger partial charge in [-0.2, -0.15) is 0 Å². The zero-order valence-electron chi connectivity index (χ0n) is 10.9.